The molecule has 0 spiro atoms. The third-order valence-corrected chi connectivity index (χ3v) is 3.81. The van der Waals surface area contributed by atoms with Crippen LogP contribution in [-0.2, 0) is 6.54 Å². The van der Waals surface area contributed by atoms with Crippen molar-refractivity contribution in [1.82, 2.24) is 20.0 Å². The zero-order valence-corrected chi connectivity index (χ0v) is 13.3. The Morgan fingerprint density at radius 3 is 2.41 bits per heavy atom. The number of rotatable bonds is 4. The molecule has 0 atom stereocenters. The molecule has 7 heteroatoms. The highest BCUT2D eigenvalue weighted by molar-refractivity contribution is 6.35. The Morgan fingerprint density at radius 2 is 1.73 bits per heavy atom. The molecule has 5 nitrogen and oxygen atoms in total. The van der Waals surface area contributed by atoms with Gasteiger partial charge in [-0.2, -0.15) is 5.10 Å². The van der Waals surface area contributed by atoms with Gasteiger partial charge in [-0.25, -0.2) is 0 Å². The molecule has 3 rings (SSSR count). The van der Waals surface area contributed by atoms with E-state index < -0.39 is 0 Å². The fourth-order valence-corrected chi connectivity index (χ4v) is 2.50. The first-order valence-electron chi connectivity index (χ1n) is 6.66. The number of nitrogens with one attached hydrogen (secondary N) is 1. The maximum Gasteiger partial charge on any atom is 0.172 e. The van der Waals surface area contributed by atoms with E-state index in [1.54, 1.807) is 17.2 Å². The van der Waals surface area contributed by atoms with Gasteiger partial charge in [-0.15, -0.1) is 9.90 Å². The number of nitrogens with zero attached hydrogens (tertiary/aromatic N) is 4. The molecule has 0 unspecified atom stereocenters. The van der Waals surface area contributed by atoms with E-state index in [0.29, 0.717) is 22.4 Å². The summed E-state index contributed by atoms with van der Waals surface area (Å²) in [6, 6.07) is 9.72. The molecule has 0 aliphatic carbocycles. The highest BCUT2D eigenvalue weighted by Crippen LogP contribution is 2.24. The molecule has 0 saturated carbocycles. The molecule has 3 aromatic rings. The van der Waals surface area contributed by atoms with Gasteiger partial charge in [-0.1, -0.05) is 41.4 Å². The molecule has 0 saturated heterocycles. The van der Waals surface area contributed by atoms with Gasteiger partial charge >= 0.3 is 0 Å². The molecule has 0 amide bonds. The van der Waals surface area contributed by atoms with Crippen molar-refractivity contribution in [2.24, 2.45) is 0 Å². The van der Waals surface area contributed by atoms with Crippen LogP contribution < -0.4 is 5.32 Å². The Hall–Kier alpha value is -2.11. The Bertz CT molecular complexity index is 766. The second-order valence-corrected chi connectivity index (χ2v) is 5.51. The minimum atomic E-state index is 0.453. The first-order valence-corrected chi connectivity index (χ1v) is 7.42. The molecule has 1 N–H and O–H groups in total. The van der Waals surface area contributed by atoms with Crippen molar-refractivity contribution in [2.75, 3.05) is 5.32 Å². The van der Waals surface area contributed by atoms with Gasteiger partial charge < -0.3 is 5.32 Å². The number of benzene rings is 1. The maximum absolute atomic E-state index is 6.11. The fraction of sp³-hybridized carbons (Fsp3) is 0.133. The summed E-state index contributed by atoms with van der Waals surface area (Å²) in [5.74, 6) is 0.688. The molecular formula is C15H13Cl2N5. The number of aromatic nitrogens is 4. The van der Waals surface area contributed by atoms with Gasteiger partial charge in [0.25, 0.3) is 0 Å². The summed E-state index contributed by atoms with van der Waals surface area (Å²) in [7, 11) is 0. The van der Waals surface area contributed by atoms with Crippen LogP contribution in [0.1, 0.15) is 11.3 Å². The van der Waals surface area contributed by atoms with Gasteiger partial charge in [-0.05, 0) is 19.1 Å². The molecule has 0 bridgehead atoms. The van der Waals surface area contributed by atoms with E-state index in [-0.39, 0.29) is 0 Å². The van der Waals surface area contributed by atoms with Gasteiger partial charge in [0, 0.05) is 24.5 Å². The van der Waals surface area contributed by atoms with E-state index in [0.717, 1.165) is 16.9 Å². The zero-order valence-electron chi connectivity index (χ0n) is 11.8. The van der Waals surface area contributed by atoms with Crippen molar-refractivity contribution in [1.29, 1.82) is 0 Å². The summed E-state index contributed by atoms with van der Waals surface area (Å²) in [4.78, 5) is 5.53. The lowest BCUT2D eigenvalue weighted by molar-refractivity contribution is 0.746. The zero-order chi connectivity index (χ0) is 15.5. The SMILES string of the molecule is Cc1nn(-c2ccccc2)nc1NCc1c(Cl)cncc1Cl. The first kappa shape index (κ1) is 14.8. The molecule has 22 heavy (non-hydrogen) atoms. The van der Waals surface area contributed by atoms with E-state index in [4.69, 9.17) is 23.2 Å². The summed E-state index contributed by atoms with van der Waals surface area (Å²) in [5, 5.41) is 13.1. The second-order valence-electron chi connectivity index (χ2n) is 4.69. The number of hydrogen-bond donors (Lipinski definition) is 1. The van der Waals surface area contributed by atoms with Crippen molar-refractivity contribution in [3.8, 4) is 5.69 Å². The van der Waals surface area contributed by atoms with Crippen LogP contribution in [0.3, 0.4) is 0 Å². The first-order chi connectivity index (χ1) is 10.6. The number of para-hydroxylation sites is 1. The largest absolute Gasteiger partial charge is 0.363 e. The Labute approximate surface area is 137 Å². The average molecular weight is 334 g/mol. The highest BCUT2D eigenvalue weighted by Gasteiger charge is 2.10. The minimum absolute atomic E-state index is 0.453. The fourth-order valence-electron chi connectivity index (χ4n) is 2.00. The Balaban J connectivity index is 1.81. The van der Waals surface area contributed by atoms with Gasteiger partial charge in [-0.3, -0.25) is 4.98 Å². The van der Waals surface area contributed by atoms with Crippen LogP contribution in [0, 0.1) is 6.92 Å². The summed E-state index contributed by atoms with van der Waals surface area (Å²) < 4.78 is 0. The predicted octanol–water partition coefficient (Wildman–Crippen LogP) is 3.89. The molecule has 2 aromatic heterocycles. The van der Waals surface area contributed by atoms with Crippen molar-refractivity contribution < 1.29 is 0 Å². The van der Waals surface area contributed by atoms with Crippen LogP contribution in [0.25, 0.3) is 5.69 Å². The Morgan fingerprint density at radius 1 is 1.05 bits per heavy atom. The van der Waals surface area contributed by atoms with Crippen molar-refractivity contribution >= 4 is 29.0 Å². The van der Waals surface area contributed by atoms with Crippen LogP contribution in [0.15, 0.2) is 42.7 Å². The second kappa shape index (κ2) is 6.34. The number of hydrogen-bond acceptors (Lipinski definition) is 4. The van der Waals surface area contributed by atoms with E-state index in [9.17, 15) is 0 Å². The van der Waals surface area contributed by atoms with Crippen molar-refractivity contribution in [3.05, 3.63) is 64.0 Å². The van der Waals surface area contributed by atoms with Gasteiger partial charge in [0.15, 0.2) is 5.82 Å². The topological polar surface area (TPSA) is 55.6 Å². The molecular weight excluding hydrogens is 321 g/mol. The molecule has 0 radical (unpaired) electrons. The third kappa shape index (κ3) is 3.05. The van der Waals surface area contributed by atoms with E-state index in [2.05, 4.69) is 20.5 Å². The molecule has 0 aliphatic heterocycles. The van der Waals surface area contributed by atoms with Crippen LogP contribution in [0.5, 0.6) is 0 Å². The van der Waals surface area contributed by atoms with Crippen molar-refractivity contribution in [2.45, 2.75) is 13.5 Å². The number of aryl methyl sites for hydroxylation is 1. The summed E-state index contributed by atoms with van der Waals surface area (Å²) in [6.07, 6.45) is 3.14. The van der Waals surface area contributed by atoms with E-state index in [1.807, 2.05) is 37.3 Å². The summed E-state index contributed by atoms with van der Waals surface area (Å²) in [6.45, 7) is 2.35. The summed E-state index contributed by atoms with van der Waals surface area (Å²) >= 11 is 12.2. The molecule has 0 fully saturated rings. The Kier molecular flexibility index (Phi) is 4.27. The lowest BCUT2D eigenvalue weighted by Gasteiger charge is -2.07. The molecule has 2 heterocycles. The quantitative estimate of drug-likeness (QED) is 0.786. The van der Waals surface area contributed by atoms with Crippen LogP contribution in [-0.4, -0.2) is 20.0 Å². The highest BCUT2D eigenvalue weighted by atomic mass is 35.5. The summed E-state index contributed by atoms with van der Waals surface area (Å²) in [5.41, 5.74) is 2.48. The maximum atomic E-state index is 6.11. The minimum Gasteiger partial charge on any atom is -0.363 e. The smallest absolute Gasteiger partial charge is 0.172 e. The van der Waals surface area contributed by atoms with Crippen LogP contribution in [0.2, 0.25) is 10.0 Å². The van der Waals surface area contributed by atoms with Gasteiger partial charge in [0.1, 0.15) is 5.69 Å². The monoisotopic (exact) mass is 333 g/mol. The standard InChI is InChI=1S/C15H13Cl2N5/c1-10-15(19-7-12-13(16)8-18-9-14(12)17)21-22(20-10)11-5-3-2-4-6-11/h2-6,8-9H,7H2,1H3,(H,19,21). The van der Waals surface area contributed by atoms with Crippen LogP contribution >= 0.6 is 23.2 Å². The number of halogens is 2. The van der Waals surface area contributed by atoms with Crippen LogP contribution in [0.4, 0.5) is 5.82 Å². The molecule has 1 aromatic carbocycles. The van der Waals surface area contributed by atoms with E-state index >= 15 is 0 Å². The number of pyridine rings is 1. The van der Waals surface area contributed by atoms with Crippen molar-refractivity contribution in [3.63, 3.8) is 0 Å². The third-order valence-electron chi connectivity index (χ3n) is 3.15. The lowest BCUT2D eigenvalue weighted by Crippen LogP contribution is -2.04. The van der Waals surface area contributed by atoms with Gasteiger partial charge in [0.05, 0.1) is 15.7 Å². The number of anilines is 1. The predicted molar refractivity (Wildman–Crippen MR) is 87.7 cm³/mol. The normalized spacial score (nSPS) is 10.7. The average Bonchev–Trinajstić information content (AvgIpc) is 2.89. The van der Waals surface area contributed by atoms with Gasteiger partial charge in [0.2, 0.25) is 0 Å². The molecule has 0 aliphatic rings. The molecule has 112 valence electrons. The van der Waals surface area contributed by atoms with E-state index in [1.165, 1.54) is 0 Å². The lowest BCUT2D eigenvalue weighted by atomic mass is 10.2.